The highest BCUT2D eigenvalue weighted by atomic mass is 32.2. The van der Waals surface area contributed by atoms with E-state index < -0.39 is 22.2 Å². The van der Waals surface area contributed by atoms with E-state index >= 15 is 0 Å². The lowest BCUT2D eigenvalue weighted by atomic mass is 10.1. The minimum Gasteiger partial charge on any atom is -0.395 e. The fourth-order valence-electron chi connectivity index (χ4n) is 4.22. The number of allylic oxidation sites excluding steroid dienone is 1. The molecule has 0 saturated carbocycles. The van der Waals surface area contributed by atoms with Crippen LogP contribution in [0.1, 0.15) is 31.8 Å². The van der Waals surface area contributed by atoms with Crippen LogP contribution in [-0.4, -0.2) is 70.9 Å². The number of benzene rings is 3. The zero-order chi connectivity index (χ0) is 28.6. The number of nitro groups is 1. The van der Waals surface area contributed by atoms with Crippen LogP contribution in [0.4, 0.5) is 14.5 Å². The molecule has 3 aromatic carbocycles. The lowest BCUT2D eigenvalue weighted by Crippen LogP contribution is -2.49. The van der Waals surface area contributed by atoms with E-state index in [1.807, 2.05) is 0 Å². The molecule has 1 saturated heterocycles. The number of hydrogen-bond donors (Lipinski definition) is 1. The van der Waals surface area contributed by atoms with Gasteiger partial charge in [0.1, 0.15) is 5.82 Å². The number of aliphatic hydroxyl groups is 1. The van der Waals surface area contributed by atoms with Crippen molar-refractivity contribution in [2.45, 2.75) is 5.75 Å². The summed E-state index contributed by atoms with van der Waals surface area (Å²) in [5, 5.41) is 20.3. The molecule has 1 heterocycles. The second kappa shape index (κ2) is 13.4. The number of piperazine rings is 1. The maximum absolute atomic E-state index is 13.9. The quantitative estimate of drug-likeness (QED) is 0.163. The number of carbonyl (C=O) groups is 2. The fraction of sp³-hybridized carbons (Fsp3) is 0.241. The van der Waals surface area contributed by atoms with Gasteiger partial charge in [-0.05, 0) is 53.6 Å². The Morgan fingerprint density at radius 3 is 2.23 bits per heavy atom. The molecule has 40 heavy (non-hydrogen) atoms. The van der Waals surface area contributed by atoms with Crippen LogP contribution in [0.15, 0.2) is 71.6 Å². The van der Waals surface area contributed by atoms with Crippen LogP contribution >= 0.6 is 11.8 Å². The average Bonchev–Trinajstić information content (AvgIpc) is 2.96. The van der Waals surface area contributed by atoms with Crippen molar-refractivity contribution in [3.8, 4) is 0 Å². The number of halogens is 2. The first-order valence-corrected chi connectivity index (χ1v) is 13.5. The molecule has 11 heteroatoms. The number of β-amino-alcohol motifs (C(OH)–C–C–N with tert-alkyl or cyclic N) is 1. The SMILES string of the molecule is O=C(/C(=C\c1ccc(C(=O)N2CCN(CCO)CC2)cc1)SCc1ccc(F)cc1)c1ccc(F)c([N+](=O)[O-])c1. The average molecular weight is 568 g/mol. The third-order valence-corrected chi connectivity index (χ3v) is 7.56. The molecule has 3 aromatic rings. The largest absolute Gasteiger partial charge is 0.395 e. The Balaban J connectivity index is 1.55. The number of rotatable bonds is 10. The van der Waals surface area contributed by atoms with Gasteiger partial charge in [0.15, 0.2) is 5.78 Å². The van der Waals surface area contributed by atoms with E-state index in [0.717, 1.165) is 29.5 Å². The zero-order valence-electron chi connectivity index (χ0n) is 21.5. The smallest absolute Gasteiger partial charge is 0.305 e. The molecule has 0 aromatic heterocycles. The molecule has 1 aliphatic heterocycles. The molecule has 1 amide bonds. The lowest BCUT2D eigenvalue weighted by Gasteiger charge is -2.34. The van der Waals surface area contributed by atoms with E-state index in [1.165, 1.54) is 18.2 Å². The first-order chi connectivity index (χ1) is 19.2. The molecule has 0 spiro atoms. The highest BCUT2D eigenvalue weighted by molar-refractivity contribution is 8.03. The van der Waals surface area contributed by atoms with Crippen molar-refractivity contribution in [2.75, 3.05) is 39.3 Å². The third kappa shape index (κ3) is 7.38. The summed E-state index contributed by atoms with van der Waals surface area (Å²) in [5.74, 6) is -1.75. The highest BCUT2D eigenvalue weighted by Crippen LogP contribution is 2.29. The summed E-state index contributed by atoms with van der Waals surface area (Å²) in [4.78, 5) is 40.8. The number of ketones is 1. The van der Waals surface area contributed by atoms with Crippen LogP contribution in [-0.2, 0) is 5.75 Å². The molecule has 0 unspecified atom stereocenters. The van der Waals surface area contributed by atoms with Crippen molar-refractivity contribution >= 4 is 35.2 Å². The van der Waals surface area contributed by atoms with E-state index in [0.29, 0.717) is 49.6 Å². The molecular formula is C29H27F2N3O5S. The van der Waals surface area contributed by atoms with Crippen LogP contribution in [0.3, 0.4) is 0 Å². The van der Waals surface area contributed by atoms with Crippen LogP contribution in [0.2, 0.25) is 0 Å². The van der Waals surface area contributed by atoms with Gasteiger partial charge in [-0.2, -0.15) is 4.39 Å². The summed E-state index contributed by atoms with van der Waals surface area (Å²) < 4.78 is 27.2. The molecule has 0 aliphatic carbocycles. The van der Waals surface area contributed by atoms with Crippen LogP contribution in [0.25, 0.3) is 6.08 Å². The fourth-order valence-corrected chi connectivity index (χ4v) is 5.21. The topological polar surface area (TPSA) is 104 Å². The molecule has 8 nitrogen and oxygen atoms in total. The number of thioether (sulfide) groups is 1. The Morgan fingerprint density at radius 1 is 0.950 bits per heavy atom. The minimum atomic E-state index is -1.04. The second-order valence-corrected chi connectivity index (χ2v) is 10.2. The van der Waals surface area contributed by atoms with Gasteiger partial charge in [0, 0.05) is 55.7 Å². The Bertz CT molecular complexity index is 1410. The first kappa shape index (κ1) is 29.1. The van der Waals surface area contributed by atoms with Gasteiger partial charge in [-0.25, -0.2) is 4.39 Å². The standard InChI is InChI=1S/C29H27F2N3O5S/c30-24-8-3-21(4-9-24)19-40-27(28(36)23-7-10-25(31)26(18-23)34(38)39)17-20-1-5-22(6-2-20)29(37)33-13-11-32(12-14-33)15-16-35/h1-10,17-18,35H,11-16,19H2/b27-17+. The van der Waals surface area contributed by atoms with E-state index in [9.17, 15) is 28.5 Å². The number of nitro benzene ring substituents is 1. The Morgan fingerprint density at radius 2 is 1.60 bits per heavy atom. The summed E-state index contributed by atoms with van der Waals surface area (Å²) in [7, 11) is 0. The number of carbonyl (C=O) groups excluding carboxylic acids is 2. The van der Waals surface area contributed by atoms with Gasteiger partial charge in [0.2, 0.25) is 5.82 Å². The zero-order valence-corrected chi connectivity index (χ0v) is 22.3. The van der Waals surface area contributed by atoms with Gasteiger partial charge in [0.05, 0.1) is 16.4 Å². The number of Topliss-reactive ketones (excluding diaryl/α,β-unsaturated/α-hetero) is 1. The number of aliphatic hydroxyl groups excluding tert-OH is 1. The molecule has 1 fully saturated rings. The highest BCUT2D eigenvalue weighted by Gasteiger charge is 2.23. The van der Waals surface area contributed by atoms with Gasteiger partial charge in [-0.3, -0.25) is 24.6 Å². The molecular weight excluding hydrogens is 540 g/mol. The van der Waals surface area contributed by atoms with E-state index in [-0.39, 0.29) is 28.8 Å². The number of nitrogens with zero attached hydrogens (tertiary/aromatic N) is 3. The molecule has 4 rings (SSSR count). The van der Waals surface area contributed by atoms with Crippen LogP contribution in [0, 0.1) is 21.7 Å². The normalized spacial score (nSPS) is 14.3. The van der Waals surface area contributed by atoms with Crippen molar-refractivity contribution in [3.05, 3.63) is 116 Å². The van der Waals surface area contributed by atoms with E-state index in [1.54, 1.807) is 47.4 Å². The molecule has 0 radical (unpaired) electrons. The van der Waals surface area contributed by atoms with E-state index in [2.05, 4.69) is 4.90 Å². The van der Waals surface area contributed by atoms with Gasteiger partial charge in [0.25, 0.3) is 5.91 Å². The van der Waals surface area contributed by atoms with Crippen molar-refractivity contribution in [2.24, 2.45) is 0 Å². The van der Waals surface area contributed by atoms with Gasteiger partial charge in [-0.15, -0.1) is 11.8 Å². The molecule has 208 valence electrons. The summed E-state index contributed by atoms with van der Waals surface area (Å²) in [5.41, 5.74) is 1.03. The number of amides is 1. The summed E-state index contributed by atoms with van der Waals surface area (Å²) in [6.07, 6.45) is 1.60. The Hall–Kier alpha value is -3.93. The van der Waals surface area contributed by atoms with E-state index in [4.69, 9.17) is 5.11 Å². The molecule has 1 N–H and O–H groups in total. The van der Waals surface area contributed by atoms with Crippen molar-refractivity contribution in [1.29, 1.82) is 0 Å². The summed E-state index contributed by atoms with van der Waals surface area (Å²) in [6.45, 7) is 3.14. The maximum Gasteiger partial charge on any atom is 0.305 e. The maximum atomic E-state index is 13.9. The summed E-state index contributed by atoms with van der Waals surface area (Å²) in [6, 6.07) is 15.5. The molecule has 1 aliphatic rings. The predicted octanol–water partition coefficient (Wildman–Crippen LogP) is 4.78. The number of hydrogen-bond acceptors (Lipinski definition) is 7. The van der Waals surface area contributed by atoms with Gasteiger partial charge in [-0.1, -0.05) is 24.3 Å². The predicted molar refractivity (Wildman–Crippen MR) is 149 cm³/mol. The Kier molecular flexibility index (Phi) is 9.75. The molecule has 0 atom stereocenters. The monoisotopic (exact) mass is 567 g/mol. The minimum absolute atomic E-state index is 0.0434. The third-order valence-electron chi connectivity index (χ3n) is 6.47. The van der Waals surface area contributed by atoms with Gasteiger partial charge < -0.3 is 10.0 Å². The molecule has 0 bridgehead atoms. The second-order valence-electron chi connectivity index (χ2n) is 9.16. The van der Waals surface area contributed by atoms with Crippen LogP contribution in [0.5, 0.6) is 0 Å². The van der Waals surface area contributed by atoms with Crippen molar-refractivity contribution < 1.29 is 28.4 Å². The Labute approximate surface area is 234 Å². The van der Waals surface area contributed by atoms with Crippen molar-refractivity contribution in [1.82, 2.24) is 9.80 Å². The van der Waals surface area contributed by atoms with Crippen molar-refractivity contribution in [3.63, 3.8) is 0 Å². The lowest BCUT2D eigenvalue weighted by molar-refractivity contribution is -0.387. The van der Waals surface area contributed by atoms with Gasteiger partial charge >= 0.3 is 5.69 Å². The first-order valence-electron chi connectivity index (χ1n) is 12.6. The van der Waals surface area contributed by atoms with Crippen LogP contribution < -0.4 is 0 Å². The summed E-state index contributed by atoms with van der Waals surface area (Å²) >= 11 is 1.16.